The summed E-state index contributed by atoms with van der Waals surface area (Å²) in [4.78, 5) is 13.6. The SMILES string of the molecule is O=C(/C=C/c1cccc(F)c1)N1CCN(S(=O)(=O)c2ccc(OC(F)(F)F)cc2)CC1. The molecule has 0 saturated carbocycles. The number of rotatable bonds is 5. The first-order valence-corrected chi connectivity index (χ1v) is 10.6. The van der Waals surface area contributed by atoms with Crippen LogP contribution in [0.2, 0.25) is 0 Å². The Balaban J connectivity index is 1.59. The molecule has 0 radical (unpaired) electrons. The Morgan fingerprint density at radius 3 is 2.23 bits per heavy atom. The molecular formula is C20H18F4N2O4S. The number of sulfonamides is 1. The number of halogens is 4. The van der Waals surface area contributed by atoms with E-state index in [4.69, 9.17) is 0 Å². The van der Waals surface area contributed by atoms with E-state index in [0.717, 1.165) is 28.6 Å². The topological polar surface area (TPSA) is 66.9 Å². The lowest BCUT2D eigenvalue weighted by Crippen LogP contribution is -2.50. The van der Waals surface area contributed by atoms with E-state index in [-0.39, 0.29) is 37.0 Å². The standard InChI is InChI=1S/C20H18F4N2O4S/c21-16-3-1-2-15(14-16)4-9-19(27)25-10-12-26(13-11-25)31(28,29)18-7-5-17(6-8-18)30-20(22,23)24/h1-9,14H,10-13H2/b9-4+. The van der Waals surface area contributed by atoms with Gasteiger partial charge in [0.1, 0.15) is 11.6 Å². The Morgan fingerprint density at radius 2 is 1.65 bits per heavy atom. The molecule has 1 heterocycles. The average Bonchev–Trinajstić information content (AvgIpc) is 2.71. The Morgan fingerprint density at radius 1 is 1.00 bits per heavy atom. The molecule has 0 spiro atoms. The highest BCUT2D eigenvalue weighted by molar-refractivity contribution is 7.89. The number of benzene rings is 2. The first-order valence-electron chi connectivity index (χ1n) is 9.13. The van der Waals surface area contributed by atoms with Crippen molar-refractivity contribution in [2.75, 3.05) is 26.2 Å². The number of hydrogen-bond acceptors (Lipinski definition) is 4. The minimum atomic E-state index is -4.87. The number of alkyl halides is 3. The van der Waals surface area contributed by atoms with Crippen molar-refractivity contribution in [3.8, 4) is 5.75 Å². The van der Waals surface area contributed by atoms with Crippen LogP contribution < -0.4 is 4.74 Å². The summed E-state index contributed by atoms with van der Waals surface area (Å²) in [6, 6.07) is 9.66. The van der Waals surface area contributed by atoms with E-state index in [1.54, 1.807) is 6.07 Å². The number of nitrogens with zero attached hydrogens (tertiary/aromatic N) is 2. The third-order valence-corrected chi connectivity index (χ3v) is 6.43. The van der Waals surface area contributed by atoms with Crippen molar-refractivity contribution in [3.05, 3.63) is 66.0 Å². The third kappa shape index (κ3) is 6.05. The summed E-state index contributed by atoms with van der Waals surface area (Å²) in [5.74, 6) is -1.28. The molecule has 0 bridgehead atoms. The van der Waals surface area contributed by atoms with Crippen LogP contribution in [-0.4, -0.2) is 56.1 Å². The molecule has 1 fully saturated rings. The number of ether oxygens (including phenoxy) is 1. The normalized spacial score (nSPS) is 15.9. The van der Waals surface area contributed by atoms with Gasteiger partial charge in [0.2, 0.25) is 15.9 Å². The summed E-state index contributed by atoms with van der Waals surface area (Å²) < 4.78 is 80.2. The molecule has 0 aliphatic carbocycles. The summed E-state index contributed by atoms with van der Waals surface area (Å²) in [6.45, 7) is 0.340. The van der Waals surface area contributed by atoms with Crippen LogP contribution in [0.15, 0.2) is 59.5 Å². The Bertz CT molecular complexity index is 1060. The maximum absolute atomic E-state index is 13.2. The maximum atomic E-state index is 13.2. The molecule has 0 unspecified atom stereocenters. The molecule has 1 aliphatic heterocycles. The van der Waals surface area contributed by atoms with Crippen LogP contribution in [0.25, 0.3) is 6.08 Å². The molecule has 166 valence electrons. The highest BCUT2D eigenvalue weighted by Crippen LogP contribution is 2.25. The minimum Gasteiger partial charge on any atom is -0.406 e. The quantitative estimate of drug-likeness (QED) is 0.510. The highest BCUT2D eigenvalue weighted by atomic mass is 32.2. The molecule has 3 rings (SSSR count). The zero-order valence-electron chi connectivity index (χ0n) is 16.0. The molecule has 2 aromatic rings. The van der Waals surface area contributed by atoms with Gasteiger partial charge in [-0.2, -0.15) is 4.31 Å². The van der Waals surface area contributed by atoms with Gasteiger partial charge >= 0.3 is 6.36 Å². The van der Waals surface area contributed by atoms with E-state index in [0.29, 0.717) is 5.56 Å². The van der Waals surface area contributed by atoms with Crippen LogP contribution in [0.4, 0.5) is 17.6 Å². The van der Waals surface area contributed by atoms with Crippen LogP contribution in [0.1, 0.15) is 5.56 Å². The molecule has 0 atom stereocenters. The number of hydrogen-bond donors (Lipinski definition) is 0. The van der Waals surface area contributed by atoms with E-state index >= 15 is 0 Å². The second-order valence-electron chi connectivity index (χ2n) is 6.64. The van der Waals surface area contributed by atoms with E-state index in [1.165, 1.54) is 35.3 Å². The van der Waals surface area contributed by atoms with E-state index in [1.807, 2.05) is 0 Å². The van der Waals surface area contributed by atoms with Gasteiger partial charge in [0.15, 0.2) is 0 Å². The smallest absolute Gasteiger partial charge is 0.406 e. The molecule has 0 aromatic heterocycles. The first kappa shape index (κ1) is 22.8. The van der Waals surface area contributed by atoms with Gasteiger partial charge < -0.3 is 9.64 Å². The summed E-state index contributed by atoms with van der Waals surface area (Å²) >= 11 is 0. The summed E-state index contributed by atoms with van der Waals surface area (Å²) in [6.07, 6.45) is -2.11. The van der Waals surface area contributed by atoms with Crippen molar-refractivity contribution in [1.29, 1.82) is 0 Å². The van der Waals surface area contributed by atoms with Crippen molar-refractivity contribution >= 4 is 22.0 Å². The van der Waals surface area contributed by atoms with Gasteiger partial charge in [-0.15, -0.1) is 13.2 Å². The second-order valence-corrected chi connectivity index (χ2v) is 8.57. The molecule has 6 nitrogen and oxygen atoms in total. The Hall–Kier alpha value is -2.92. The minimum absolute atomic E-state index is 0.0304. The third-order valence-electron chi connectivity index (χ3n) is 4.51. The molecule has 31 heavy (non-hydrogen) atoms. The zero-order valence-corrected chi connectivity index (χ0v) is 16.9. The number of carbonyl (C=O) groups is 1. The molecule has 2 aromatic carbocycles. The van der Waals surface area contributed by atoms with Gasteiger partial charge in [-0.25, -0.2) is 12.8 Å². The first-order chi connectivity index (χ1) is 14.5. The van der Waals surface area contributed by atoms with Crippen LogP contribution >= 0.6 is 0 Å². The lowest BCUT2D eigenvalue weighted by Gasteiger charge is -2.33. The van der Waals surface area contributed by atoms with Gasteiger partial charge in [-0.1, -0.05) is 12.1 Å². The lowest BCUT2D eigenvalue weighted by molar-refractivity contribution is -0.274. The number of piperazine rings is 1. The van der Waals surface area contributed by atoms with Gasteiger partial charge in [-0.05, 0) is 48.0 Å². The number of amides is 1. The molecular weight excluding hydrogens is 440 g/mol. The van der Waals surface area contributed by atoms with Gasteiger partial charge in [0.05, 0.1) is 4.90 Å². The molecule has 1 amide bonds. The predicted octanol–water partition coefficient (Wildman–Crippen LogP) is 3.27. The fourth-order valence-corrected chi connectivity index (χ4v) is 4.42. The van der Waals surface area contributed by atoms with Crippen LogP contribution in [0, 0.1) is 5.82 Å². The second kappa shape index (κ2) is 9.06. The number of carbonyl (C=O) groups excluding carboxylic acids is 1. The summed E-state index contributed by atoms with van der Waals surface area (Å²) in [5, 5.41) is 0. The van der Waals surface area contributed by atoms with Crippen molar-refractivity contribution in [1.82, 2.24) is 9.21 Å². The predicted molar refractivity (Wildman–Crippen MR) is 104 cm³/mol. The van der Waals surface area contributed by atoms with Crippen LogP contribution in [-0.2, 0) is 14.8 Å². The molecule has 0 N–H and O–H groups in total. The molecule has 1 saturated heterocycles. The van der Waals surface area contributed by atoms with E-state index < -0.39 is 28.0 Å². The van der Waals surface area contributed by atoms with Gasteiger partial charge in [-0.3, -0.25) is 4.79 Å². The Labute approximate surface area is 176 Å². The summed E-state index contributed by atoms with van der Waals surface area (Å²) in [7, 11) is -3.93. The van der Waals surface area contributed by atoms with Crippen LogP contribution in [0.5, 0.6) is 5.75 Å². The highest BCUT2D eigenvalue weighted by Gasteiger charge is 2.32. The van der Waals surface area contributed by atoms with Crippen molar-refractivity contribution < 1.29 is 35.5 Å². The van der Waals surface area contributed by atoms with Gasteiger partial charge in [0.25, 0.3) is 0 Å². The molecule has 11 heteroatoms. The van der Waals surface area contributed by atoms with E-state index in [9.17, 15) is 30.8 Å². The fraction of sp³-hybridized carbons (Fsp3) is 0.250. The molecule has 1 aliphatic rings. The summed E-state index contributed by atoms with van der Waals surface area (Å²) in [5.41, 5.74) is 0.521. The fourth-order valence-electron chi connectivity index (χ4n) is 2.99. The average molecular weight is 458 g/mol. The zero-order chi connectivity index (χ0) is 22.6. The van der Waals surface area contributed by atoms with Crippen molar-refractivity contribution in [2.24, 2.45) is 0 Å². The Kier molecular flexibility index (Phi) is 6.65. The lowest BCUT2D eigenvalue weighted by atomic mass is 10.2. The van der Waals surface area contributed by atoms with Crippen LogP contribution in [0.3, 0.4) is 0 Å². The van der Waals surface area contributed by atoms with Crippen molar-refractivity contribution in [3.63, 3.8) is 0 Å². The largest absolute Gasteiger partial charge is 0.573 e. The van der Waals surface area contributed by atoms with E-state index in [2.05, 4.69) is 4.74 Å². The maximum Gasteiger partial charge on any atom is 0.573 e. The monoisotopic (exact) mass is 458 g/mol. The van der Waals surface area contributed by atoms with Gasteiger partial charge in [0, 0.05) is 32.3 Å². The van der Waals surface area contributed by atoms with Crippen molar-refractivity contribution in [2.45, 2.75) is 11.3 Å².